The number of hydrogen-bond acceptors (Lipinski definition) is 2. The summed E-state index contributed by atoms with van der Waals surface area (Å²) in [5, 5.41) is 5.16. The normalized spacial score (nSPS) is 12.7. The Labute approximate surface area is 411 Å². The largest absolute Gasteiger partial charge is 0.310 e. The summed E-state index contributed by atoms with van der Waals surface area (Å²) in [4.78, 5) is 2.47. The number of rotatable bonds is 8. The van der Waals surface area contributed by atoms with Crippen molar-refractivity contribution < 1.29 is 0 Å². The third-order valence-corrected chi connectivity index (χ3v) is 15.9. The first-order valence-corrected chi connectivity index (χ1v) is 24.9. The summed E-state index contributed by atoms with van der Waals surface area (Å²) >= 11 is 1.88. The second-order valence-corrected chi connectivity index (χ2v) is 19.4. The zero-order valence-electron chi connectivity index (χ0n) is 38.2. The molecular weight excluding hydrogens is 865 g/mol. The molecule has 0 fully saturated rings. The molecule has 1 aliphatic carbocycles. The van der Waals surface area contributed by atoms with Gasteiger partial charge in [-0.15, -0.1) is 11.3 Å². The van der Waals surface area contributed by atoms with E-state index < -0.39 is 5.41 Å². The highest BCUT2D eigenvalue weighted by Gasteiger charge is 2.47. The van der Waals surface area contributed by atoms with E-state index in [2.05, 4.69) is 276 Å². The van der Waals surface area contributed by atoms with Crippen LogP contribution in [0.5, 0.6) is 0 Å². The molecule has 0 saturated heterocycles. The smallest absolute Gasteiger partial charge is 0.0714 e. The first kappa shape index (κ1) is 40.3. The number of fused-ring (bicyclic) bond motifs is 9. The van der Waals surface area contributed by atoms with Crippen LogP contribution >= 0.6 is 11.3 Å². The first-order chi connectivity index (χ1) is 34.7. The third kappa shape index (κ3) is 6.12. The quantitative estimate of drug-likeness (QED) is 0.147. The highest BCUT2D eigenvalue weighted by Crippen LogP contribution is 2.59. The molecule has 70 heavy (non-hydrogen) atoms. The monoisotopic (exact) mass is 908 g/mol. The molecule has 2 heterocycles. The molecule has 2 aromatic heterocycles. The zero-order chi connectivity index (χ0) is 46.2. The van der Waals surface area contributed by atoms with Gasteiger partial charge < -0.3 is 9.47 Å². The molecular formula is C67H44N2S. The van der Waals surface area contributed by atoms with Crippen molar-refractivity contribution in [3.05, 3.63) is 289 Å². The fraction of sp³-hybridized carbons (Fsp3) is 0.0149. The van der Waals surface area contributed by atoms with Crippen molar-refractivity contribution in [1.82, 2.24) is 4.57 Å². The van der Waals surface area contributed by atoms with Crippen molar-refractivity contribution in [3.8, 4) is 39.1 Å². The lowest BCUT2D eigenvalue weighted by Gasteiger charge is -2.34. The summed E-state index contributed by atoms with van der Waals surface area (Å²) in [6.45, 7) is 0. The molecule has 0 amide bonds. The molecule has 0 saturated carbocycles. The van der Waals surface area contributed by atoms with Crippen molar-refractivity contribution in [1.29, 1.82) is 0 Å². The second-order valence-electron chi connectivity index (χ2n) is 18.4. The summed E-state index contributed by atoms with van der Waals surface area (Å²) in [5.41, 5.74) is 18.8. The lowest BCUT2D eigenvalue weighted by atomic mass is 9.68. The van der Waals surface area contributed by atoms with Gasteiger partial charge in [0.1, 0.15) is 0 Å². The zero-order valence-corrected chi connectivity index (χ0v) is 39.0. The number of hydrogen-bond donors (Lipinski definition) is 0. The first-order valence-electron chi connectivity index (χ1n) is 24.1. The molecule has 0 aliphatic heterocycles. The van der Waals surface area contributed by atoms with E-state index in [1.54, 1.807) is 0 Å². The third-order valence-electron chi connectivity index (χ3n) is 14.7. The van der Waals surface area contributed by atoms with Crippen LogP contribution in [-0.2, 0) is 5.41 Å². The van der Waals surface area contributed by atoms with Crippen LogP contribution < -0.4 is 4.90 Å². The summed E-state index contributed by atoms with van der Waals surface area (Å²) in [6.07, 6.45) is 0. The van der Waals surface area contributed by atoms with E-state index in [0.29, 0.717) is 0 Å². The van der Waals surface area contributed by atoms with Crippen LogP contribution in [0.25, 0.3) is 81.0 Å². The molecule has 3 heteroatoms. The molecule has 0 spiro atoms. The maximum atomic E-state index is 2.47. The predicted octanol–water partition coefficient (Wildman–Crippen LogP) is 18.3. The summed E-state index contributed by atoms with van der Waals surface area (Å²) in [6, 6.07) is 98.5. The highest BCUT2D eigenvalue weighted by atomic mass is 32.1. The number of para-hydroxylation sites is 2. The summed E-state index contributed by atoms with van der Waals surface area (Å²) in [7, 11) is 0. The predicted molar refractivity (Wildman–Crippen MR) is 297 cm³/mol. The van der Waals surface area contributed by atoms with Gasteiger partial charge in [0.25, 0.3) is 0 Å². The van der Waals surface area contributed by atoms with E-state index in [1.165, 1.54) is 97.6 Å². The Bertz CT molecular complexity index is 4000. The minimum absolute atomic E-state index is 0.516. The fourth-order valence-corrected chi connectivity index (χ4v) is 12.9. The maximum Gasteiger partial charge on any atom is 0.0714 e. The minimum Gasteiger partial charge on any atom is -0.310 e. The standard InChI is InChI=1S/C67H44N2S/c1-3-17-48(18-4-1)67(49-19-5-2-6-20-49)59-27-11-7-24-58(59)65-60(67)28-16-31-63(65)68(51-43-37-47(38-44-51)53-25-15-26-57-56-23-10-14-32-64(56)70-66(53)57)50-39-33-45(34-40-50)46-35-41-52(42-36-46)69-61-29-12-8-21-54(61)55-22-9-13-30-62(55)69/h1-44H. The Morgan fingerprint density at radius 1 is 0.343 bits per heavy atom. The molecule has 13 aromatic rings. The molecule has 328 valence electrons. The van der Waals surface area contributed by atoms with Gasteiger partial charge in [-0.1, -0.05) is 206 Å². The van der Waals surface area contributed by atoms with Gasteiger partial charge in [0.2, 0.25) is 0 Å². The Morgan fingerprint density at radius 3 is 1.49 bits per heavy atom. The van der Waals surface area contributed by atoms with Gasteiger partial charge >= 0.3 is 0 Å². The van der Waals surface area contributed by atoms with Crippen molar-refractivity contribution in [2.24, 2.45) is 0 Å². The van der Waals surface area contributed by atoms with Crippen LogP contribution in [0.4, 0.5) is 17.1 Å². The average Bonchev–Trinajstić information content (AvgIpc) is 4.09. The SMILES string of the molecule is c1ccc(C2(c3ccccc3)c3ccccc3-c3c(N(c4ccc(-c5ccc(-n6c7ccccc7c7ccccc76)cc5)cc4)c4ccc(-c5cccc6c5sc5ccccc56)cc4)cccc32)cc1. The van der Waals surface area contributed by atoms with E-state index in [4.69, 9.17) is 0 Å². The van der Waals surface area contributed by atoms with E-state index in [-0.39, 0.29) is 0 Å². The molecule has 14 rings (SSSR count). The molecule has 2 nitrogen and oxygen atoms in total. The second kappa shape index (κ2) is 16.2. The number of anilines is 3. The topological polar surface area (TPSA) is 8.17 Å². The van der Waals surface area contributed by atoms with Gasteiger partial charge in [-0.2, -0.15) is 0 Å². The van der Waals surface area contributed by atoms with E-state index >= 15 is 0 Å². The number of thiophene rings is 1. The Hall–Kier alpha value is -8.76. The van der Waals surface area contributed by atoms with Crippen LogP contribution in [0.1, 0.15) is 22.3 Å². The van der Waals surface area contributed by atoms with Crippen LogP contribution in [0.15, 0.2) is 267 Å². The highest BCUT2D eigenvalue weighted by molar-refractivity contribution is 7.26. The number of aromatic nitrogens is 1. The number of nitrogens with zero attached hydrogens (tertiary/aromatic N) is 2. The van der Waals surface area contributed by atoms with Gasteiger partial charge in [-0.05, 0) is 111 Å². The lowest BCUT2D eigenvalue weighted by Crippen LogP contribution is -2.28. The Kier molecular flexibility index (Phi) is 9.33. The van der Waals surface area contributed by atoms with E-state index in [1.807, 2.05) is 11.3 Å². The van der Waals surface area contributed by atoms with Crippen LogP contribution in [-0.4, -0.2) is 4.57 Å². The fourth-order valence-electron chi connectivity index (χ4n) is 11.7. The van der Waals surface area contributed by atoms with Crippen molar-refractivity contribution >= 4 is 70.4 Å². The summed E-state index contributed by atoms with van der Waals surface area (Å²) in [5.74, 6) is 0. The molecule has 1 aliphatic rings. The lowest BCUT2D eigenvalue weighted by molar-refractivity contribution is 0.768. The van der Waals surface area contributed by atoms with Crippen LogP contribution in [0.3, 0.4) is 0 Å². The van der Waals surface area contributed by atoms with Gasteiger partial charge in [0.05, 0.1) is 22.1 Å². The van der Waals surface area contributed by atoms with Crippen molar-refractivity contribution in [3.63, 3.8) is 0 Å². The summed E-state index contributed by atoms with van der Waals surface area (Å²) < 4.78 is 5.02. The van der Waals surface area contributed by atoms with Crippen molar-refractivity contribution in [2.45, 2.75) is 5.41 Å². The molecule has 11 aromatic carbocycles. The molecule has 0 unspecified atom stereocenters. The van der Waals surface area contributed by atoms with Gasteiger partial charge in [0.15, 0.2) is 0 Å². The maximum absolute atomic E-state index is 2.47. The molecule has 0 radical (unpaired) electrons. The number of benzene rings is 11. The van der Waals surface area contributed by atoms with Gasteiger partial charge in [-0.3, -0.25) is 0 Å². The minimum atomic E-state index is -0.516. The van der Waals surface area contributed by atoms with Crippen LogP contribution in [0, 0.1) is 0 Å². The van der Waals surface area contributed by atoms with Gasteiger partial charge in [-0.25, -0.2) is 0 Å². The van der Waals surface area contributed by atoms with Gasteiger partial charge in [0, 0.05) is 53.6 Å². The Balaban J connectivity index is 0.921. The molecule has 0 N–H and O–H groups in total. The molecule has 0 bridgehead atoms. The van der Waals surface area contributed by atoms with E-state index in [9.17, 15) is 0 Å². The van der Waals surface area contributed by atoms with E-state index in [0.717, 1.165) is 22.7 Å². The van der Waals surface area contributed by atoms with Crippen molar-refractivity contribution in [2.75, 3.05) is 4.90 Å². The van der Waals surface area contributed by atoms with Crippen LogP contribution in [0.2, 0.25) is 0 Å². The Morgan fingerprint density at radius 2 is 0.829 bits per heavy atom. The average molecular weight is 909 g/mol. The molecule has 0 atom stereocenters.